The summed E-state index contributed by atoms with van der Waals surface area (Å²) < 4.78 is 5.69. The molecule has 0 saturated carbocycles. The normalized spacial score (nSPS) is 11.2. The lowest BCUT2D eigenvalue weighted by atomic mass is 10.1. The van der Waals surface area contributed by atoms with Gasteiger partial charge in [0.15, 0.2) is 5.76 Å². The molecule has 1 aromatic carbocycles. The Balaban J connectivity index is 2.30. The highest BCUT2D eigenvalue weighted by Crippen LogP contribution is 2.22. The van der Waals surface area contributed by atoms with Crippen molar-refractivity contribution >= 4 is 32.8 Å². The van der Waals surface area contributed by atoms with Crippen LogP contribution in [-0.4, -0.2) is 28.7 Å². The maximum atomic E-state index is 12.7. The summed E-state index contributed by atoms with van der Waals surface area (Å²) in [6.45, 7) is 4.92. The van der Waals surface area contributed by atoms with E-state index in [4.69, 9.17) is 4.42 Å². The molecule has 1 aromatic heterocycles. The van der Waals surface area contributed by atoms with E-state index in [2.05, 4.69) is 29.8 Å². The van der Waals surface area contributed by atoms with Gasteiger partial charge in [0.05, 0.1) is 0 Å². The van der Waals surface area contributed by atoms with Gasteiger partial charge in [0, 0.05) is 23.3 Å². The van der Waals surface area contributed by atoms with Crippen LogP contribution in [0.3, 0.4) is 0 Å². The van der Waals surface area contributed by atoms with Crippen LogP contribution in [0, 0.1) is 0 Å². The number of carbonyl (C=O) groups is 1. The first-order valence-electron chi connectivity index (χ1n) is 7.06. The number of carbonyl (C=O) groups excluding carboxylic acids is 1. The van der Waals surface area contributed by atoms with Gasteiger partial charge in [0.2, 0.25) is 0 Å². The van der Waals surface area contributed by atoms with E-state index < -0.39 is 0 Å². The third-order valence-corrected chi connectivity index (χ3v) is 3.96. The Morgan fingerprint density at radius 1 is 1.30 bits per heavy atom. The zero-order valence-electron chi connectivity index (χ0n) is 11.9. The predicted octanol–water partition coefficient (Wildman–Crippen LogP) is 4.46. The Hall–Kier alpha value is -1.29. The molecule has 0 bridgehead atoms. The predicted molar refractivity (Wildman–Crippen MR) is 85.4 cm³/mol. The number of alkyl halides is 1. The van der Waals surface area contributed by atoms with Crippen LogP contribution < -0.4 is 0 Å². The van der Waals surface area contributed by atoms with Gasteiger partial charge >= 0.3 is 0 Å². The summed E-state index contributed by atoms with van der Waals surface area (Å²) in [7, 11) is 0. The molecule has 1 amide bonds. The lowest BCUT2D eigenvalue weighted by Crippen LogP contribution is -2.40. The van der Waals surface area contributed by atoms with E-state index in [1.54, 1.807) is 0 Å². The SMILES string of the molecule is CCC(CC)N(CCBr)C(=O)c1cc2ccccc2o1. The first kappa shape index (κ1) is 15.1. The maximum Gasteiger partial charge on any atom is 0.289 e. The average Bonchev–Trinajstić information content (AvgIpc) is 2.90. The molecule has 0 saturated heterocycles. The Morgan fingerprint density at radius 2 is 2.00 bits per heavy atom. The number of rotatable bonds is 6. The first-order chi connectivity index (χ1) is 9.71. The number of hydrogen-bond donors (Lipinski definition) is 0. The molecule has 0 radical (unpaired) electrons. The lowest BCUT2D eigenvalue weighted by molar-refractivity contribution is 0.0652. The van der Waals surface area contributed by atoms with Crippen molar-refractivity contribution in [3.05, 3.63) is 36.1 Å². The van der Waals surface area contributed by atoms with Gasteiger partial charge in [0.1, 0.15) is 5.58 Å². The monoisotopic (exact) mass is 337 g/mol. The van der Waals surface area contributed by atoms with E-state index in [1.807, 2.05) is 35.2 Å². The largest absolute Gasteiger partial charge is 0.451 e. The second-order valence-corrected chi connectivity index (χ2v) is 5.60. The molecule has 0 fully saturated rings. The number of amides is 1. The van der Waals surface area contributed by atoms with Crippen LogP contribution in [0.1, 0.15) is 37.2 Å². The van der Waals surface area contributed by atoms with E-state index in [0.29, 0.717) is 12.3 Å². The molecule has 0 aliphatic carbocycles. The minimum Gasteiger partial charge on any atom is -0.451 e. The average molecular weight is 338 g/mol. The van der Waals surface area contributed by atoms with Crippen LogP contribution in [0.15, 0.2) is 34.7 Å². The van der Waals surface area contributed by atoms with E-state index in [-0.39, 0.29) is 11.9 Å². The van der Waals surface area contributed by atoms with Gasteiger partial charge in [-0.3, -0.25) is 4.79 Å². The zero-order chi connectivity index (χ0) is 14.5. The molecule has 0 aliphatic rings. The third kappa shape index (κ3) is 3.06. The second-order valence-electron chi connectivity index (χ2n) is 4.81. The molecule has 20 heavy (non-hydrogen) atoms. The van der Waals surface area contributed by atoms with Crippen LogP contribution >= 0.6 is 15.9 Å². The fourth-order valence-corrected chi connectivity index (χ4v) is 2.88. The van der Waals surface area contributed by atoms with Crippen molar-refractivity contribution in [1.29, 1.82) is 0 Å². The molecule has 108 valence electrons. The van der Waals surface area contributed by atoms with Crippen LogP contribution in [0.5, 0.6) is 0 Å². The molecule has 1 heterocycles. The molecular weight excluding hydrogens is 318 g/mol. The molecule has 0 spiro atoms. The van der Waals surface area contributed by atoms with E-state index >= 15 is 0 Å². The van der Waals surface area contributed by atoms with Crippen LogP contribution in [0.25, 0.3) is 11.0 Å². The fraction of sp³-hybridized carbons (Fsp3) is 0.438. The van der Waals surface area contributed by atoms with Crippen molar-refractivity contribution in [2.24, 2.45) is 0 Å². The van der Waals surface area contributed by atoms with Crippen molar-refractivity contribution in [1.82, 2.24) is 4.90 Å². The summed E-state index contributed by atoms with van der Waals surface area (Å²) in [5.41, 5.74) is 0.763. The fourth-order valence-electron chi connectivity index (χ4n) is 2.50. The number of para-hydroxylation sites is 1. The van der Waals surface area contributed by atoms with Crippen LogP contribution in [-0.2, 0) is 0 Å². The van der Waals surface area contributed by atoms with Gasteiger partial charge in [-0.25, -0.2) is 0 Å². The van der Waals surface area contributed by atoms with Crippen molar-refractivity contribution < 1.29 is 9.21 Å². The molecule has 3 nitrogen and oxygen atoms in total. The van der Waals surface area contributed by atoms with Gasteiger partial charge in [-0.15, -0.1) is 0 Å². The second kappa shape index (κ2) is 6.93. The standard InChI is InChI=1S/C16H20BrNO2/c1-3-13(4-2)18(10-9-17)16(19)15-11-12-7-5-6-8-14(12)20-15/h5-8,11,13H,3-4,9-10H2,1-2H3. The van der Waals surface area contributed by atoms with Gasteiger partial charge in [0.25, 0.3) is 5.91 Å². The highest BCUT2D eigenvalue weighted by Gasteiger charge is 2.24. The van der Waals surface area contributed by atoms with Crippen molar-refractivity contribution in [3.63, 3.8) is 0 Å². The van der Waals surface area contributed by atoms with Crippen molar-refractivity contribution in [3.8, 4) is 0 Å². The quantitative estimate of drug-likeness (QED) is 0.729. The molecule has 0 atom stereocenters. The number of fused-ring (bicyclic) bond motifs is 1. The Labute approximate surface area is 128 Å². The van der Waals surface area contributed by atoms with Gasteiger partial charge in [-0.2, -0.15) is 0 Å². The number of nitrogens with zero attached hydrogens (tertiary/aromatic N) is 1. The number of hydrogen-bond acceptors (Lipinski definition) is 2. The topological polar surface area (TPSA) is 33.5 Å². The Kier molecular flexibility index (Phi) is 5.24. The Morgan fingerprint density at radius 3 is 2.60 bits per heavy atom. The van der Waals surface area contributed by atoms with Gasteiger partial charge < -0.3 is 9.32 Å². The highest BCUT2D eigenvalue weighted by molar-refractivity contribution is 9.09. The van der Waals surface area contributed by atoms with Gasteiger partial charge in [-0.1, -0.05) is 48.0 Å². The third-order valence-electron chi connectivity index (χ3n) is 3.61. The number of benzene rings is 1. The first-order valence-corrected chi connectivity index (χ1v) is 8.18. The van der Waals surface area contributed by atoms with Crippen molar-refractivity contribution in [2.45, 2.75) is 32.7 Å². The summed E-state index contributed by atoms with van der Waals surface area (Å²) in [6.07, 6.45) is 1.91. The minimum absolute atomic E-state index is 0.0191. The van der Waals surface area contributed by atoms with Crippen LogP contribution in [0.4, 0.5) is 0 Å². The Bertz CT molecular complexity index is 542. The molecular formula is C16H20BrNO2. The van der Waals surface area contributed by atoms with Crippen LogP contribution in [0.2, 0.25) is 0 Å². The minimum atomic E-state index is -0.0191. The number of furan rings is 1. The smallest absolute Gasteiger partial charge is 0.289 e. The van der Waals surface area contributed by atoms with E-state index in [9.17, 15) is 4.79 Å². The summed E-state index contributed by atoms with van der Waals surface area (Å²) >= 11 is 3.43. The molecule has 0 N–H and O–H groups in total. The van der Waals surface area contributed by atoms with E-state index in [0.717, 1.165) is 29.1 Å². The molecule has 2 aromatic rings. The maximum absolute atomic E-state index is 12.7. The molecule has 0 unspecified atom stereocenters. The molecule has 2 rings (SSSR count). The highest BCUT2D eigenvalue weighted by atomic mass is 79.9. The summed E-state index contributed by atoms with van der Waals surface area (Å²) in [6, 6.07) is 9.80. The summed E-state index contributed by atoms with van der Waals surface area (Å²) in [5.74, 6) is 0.411. The summed E-state index contributed by atoms with van der Waals surface area (Å²) in [4.78, 5) is 14.6. The van der Waals surface area contributed by atoms with E-state index in [1.165, 1.54) is 0 Å². The molecule has 4 heteroatoms. The van der Waals surface area contributed by atoms with Gasteiger partial charge in [-0.05, 0) is 25.0 Å². The zero-order valence-corrected chi connectivity index (χ0v) is 13.5. The molecule has 0 aliphatic heterocycles. The lowest BCUT2D eigenvalue weighted by Gasteiger charge is -2.29. The summed E-state index contributed by atoms with van der Waals surface area (Å²) in [5, 5.41) is 1.74. The number of halogens is 1. The van der Waals surface area contributed by atoms with Crippen molar-refractivity contribution in [2.75, 3.05) is 11.9 Å².